The van der Waals surface area contributed by atoms with E-state index in [1.807, 2.05) is 43.3 Å². The molecule has 0 fully saturated rings. The lowest BCUT2D eigenvalue weighted by Gasteiger charge is -2.18. The number of nitriles is 1. The smallest absolute Gasteiger partial charge is 0.322 e. The summed E-state index contributed by atoms with van der Waals surface area (Å²) >= 11 is 12.8. The van der Waals surface area contributed by atoms with Crippen LogP contribution in [0.5, 0.6) is 5.75 Å². The maximum absolute atomic E-state index is 12.3. The molecule has 0 bridgehead atoms. The summed E-state index contributed by atoms with van der Waals surface area (Å²) in [4.78, 5) is 26.9. The normalized spacial score (nSPS) is 11.8. The standard InChI is InChI=1S/C19H14Cl2N4O4/c1-9(10-5-3-2-4-6-10)25-16-11(7-22)24-15(19(29)23-8-12(26)27)17(28)13(16)14(20)18(25)21/h2-6,9,28H,8H2,1H3,(H,23,29)(H,26,27). The minimum atomic E-state index is -1.27. The molecule has 148 valence electrons. The van der Waals surface area contributed by atoms with Gasteiger partial charge in [0.1, 0.15) is 17.8 Å². The topological polar surface area (TPSA) is 128 Å². The molecule has 0 spiro atoms. The Morgan fingerprint density at radius 1 is 1.31 bits per heavy atom. The van der Waals surface area contributed by atoms with Gasteiger partial charge in [0.2, 0.25) is 0 Å². The van der Waals surface area contributed by atoms with E-state index in [-0.39, 0.29) is 32.8 Å². The molecular formula is C19H14Cl2N4O4. The van der Waals surface area contributed by atoms with Crippen LogP contribution < -0.4 is 5.32 Å². The number of nitrogens with one attached hydrogen (secondary N) is 1. The highest BCUT2D eigenvalue weighted by molar-refractivity contribution is 6.46. The van der Waals surface area contributed by atoms with E-state index in [9.17, 15) is 20.0 Å². The van der Waals surface area contributed by atoms with Gasteiger partial charge >= 0.3 is 5.97 Å². The Morgan fingerprint density at radius 3 is 2.55 bits per heavy atom. The number of fused-ring (bicyclic) bond motifs is 1. The van der Waals surface area contributed by atoms with Gasteiger partial charge in [-0.2, -0.15) is 5.26 Å². The quantitative estimate of drug-likeness (QED) is 0.566. The van der Waals surface area contributed by atoms with E-state index in [0.717, 1.165) is 5.56 Å². The maximum Gasteiger partial charge on any atom is 0.322 e. The number of carboxylic acid groups (broad SMARTS) is 1. The molecule has 0 aliphatic rings. The number of aromatic hydroxyl groups is 1. The SMILES string of the molecule is CC(c1ccccc1)n1c(Cl)c(Cl)c2c(O)c(C(=O)NCC(=O)O)nc(C#N)c21. The van der Waals surface area contributed by atoms with Gasteiger partial charge in [-0.3, -0.25) is 9.59 Å². The summed E-state index contributed by atoms with van der Waals surface area (Å²) in [5, 5.41) is 31.1. The number of pyridine rings is 1. The van der Waals surface area contributed by atoms with Gasteiger partial charge in [0, 0.05) is 0 Å². The van der Waals surface area contributed by atoms with Gasteiger partial charge in [-0.15, -0.1) is 0 Å². The van der Waals surface area contributed by atoms with Crippen molar-refractivity contribution in [2.24, 2.45) is 0 Å². The summed E-state index contributed by atoms with van der Waals surface area (Å²) < 4.78 is 1.55. The average Bonchev–Trinajstić information content (AvgIpc) is 2.98. The van der Waals surface area contributed by atoms with E-state index in [2.05, 4.69) is 10.3 Å². The summed E-state index contributed by atoms with van der Waals surface area (Å²) in [7, 11) is 0. The molecule has 1 aromatic carbocycles. The molecule has 3 N–H and O–H groups in total. The second kappa shape index (κ2) is 7.99. The first kappa shape index (κ1) is 20.5. The number of nitrogens with zero attached hydrogens (tertiary/aromatic N) is 3. The summed E-state index contributed by atoms with van der Waals surface area (Å²) in [6, 6.07) is 10.8. The van der Waals surface area contributed by atoms with Crippen molar-refractivity contribution in [2.75, 3.05) is 6.54 Å². The van der Waals surface area contributed by atoms with Crippen LogP contribution in [0.3, 0.4) is 0 Å². The molecule has 0 aliphatic heterocycles. The number of halogens is 2. The van der Waals surface area contributed by atoms with Crippen LogP contribution in [0.15, 0.2) is 30.3 Å². The van der Waals surface area contributed by atoms with Gasteiger partial charge in [0.25, 0.3) is 5.91 Å². The lowest BCUT2D eigenvalue weighted by molar-refractivity contribution is -0.135. The largest absolute Gasteiger partial charge is 0.505 e. The predicted octanol–water partition coefficient (Wildman–Crippen LogP) is 3.34. The van der Waals surface area contributed by atoms with E-state index in [1.165, 1.54) is 0 Å². The minimum Gasteiger partial charge on any atom is -0.505 e. The van der Waals surface area contributed by atoms with Crippen molar-refractivity contribution < 1.29 is 19.8 Å². The van der Waals surface area contributed by atoms with Crippen molar-refractivity contribution in [3.8, 4) is 11.8 Å². The summed E-state index contributed by atoms with van der Waals surface area (Å²) in [5.74, 6) is -2.82. The lowest BCUT2D eigenvalue weighted by atomic mass is 10.1. The number of carboxylic acids is 1. The van der Waals surface area contributed by atoms with Crippen LogP contribution in [-0.2, 0) is 4.79 Å². The summed E-state index contributed by atoms with van der Waals surface area (Å²) in [5.41, 5.74) is 0.342. The maximum atomic E-state index is 12.3. The average molecular weight is 433 g/mol. The summed E-state index contributed by atoms with van der Waals surface area (Å²) in [6.45, 7) is 1.16. The Bertz CT molecular complexity index is 1170. The zero-order valence-electron chi connectivity index (χ0n) is 15.0. The first-order valence-corrected chi connectivity index (χ1v) is 9.10. The van der Waals surface area contributed by atoms with E-state index < -0.39 is 29.9 Å². The number of benzene rings is 1. The van der Waals surface area contributed by atoms with E-state index >= 15 is 0 Å². The molecule has 8 nitrogen and oxygen atoms in total. The summed E-state index contributed by atoms with van der Waals surface area (Å²) in [6.07, 6.45) is 0. The van der Waals surface area contributed by atoms with E-state index in [0.29, 0.717) is 0 Å². The molecule has 0 saturated carbocycles. The molecule has 0 radical (unpaired) electrons. The zero-order valence-corrected chi connectivity index (χ0v) is 16.5. The highest BCUT2D eigenvalue weighted by Crippen LogP contribution is 2.44. The number of aromatic nitrogens is 2. The van der Waals surface area contributed by atoms with Crippen molar-refractivity contribution in [2.45, 2.75) is 13.0 Å². The van der Waals surface area contributed by atoms with Gasteiger partial charge in [-0.1, -0.05) is 53.5 Å². The third kappa shape index (κ3) is 3.58. The molecule has 1 amide bonds. The van der Waals surface area contributed by atoms with Gasteiger partial charge < -0.3 is 20.1 Å². The number of hydrogen-bond donors (Lipinski definition) is 3. The van der Waals surface area contributed by atoms with Crippen molar-refractivity contribution >= 4 is 46.0 Å². The van der Waals surface area contributed by atoms with E-state index in [4.69, 9.17) is 28.3 Å². The fourth-order valence-corrected chi connectivity index (χ4v) is 3.63. The van der Waals surface area contributed by atoms with Crippen LogP contribution in [0.4, 0.5) is 0 Å². The predicted molar refractivity (Wildman–Crippen MR) is 106 cm³/mol. The van der Waals surface area contributed by atoms with Crippen molar-refractivity contribution in [3.05, 3.63) is 57.5 Å². The van der Waals surface area contributed by atoms with Crippen LogP contribution in [0.25, 0.3) is 10.9 Å². The Balaban J connectivity index is 2.26. The molecule has 1 atom stereocenters. The highest BCUT2D eigenvalue weighted by atomic mass is 35.5. The molecular weight excluding hydrogens is 419 g/mol. The van der Waals surface area contributed by atoms with Gasteiger partial charge in [-0.25, -0.2) is 4.98 Å². The molecule has 2 aromatic heterocycles. The third-order valence-electron chi connectivity index (χ3n) is 4.39. The Kier molecular flexibility index (Phi) is 5.64. The first-order valence-electron chi connectivity index (χ1n) is 8.34. The van der Waals surface area contributed by atoms with Gasteiger partial charge in [-0.05, 0) is 12.5 Å². The Morgan fingerprint density at radius 2 is 1.97 bits per heavy atom. The fraction of sp³-hybridized carbons (Fsp3) is 0.158. The minimum absolute atomic E-state index is 0.00790. The highest BCUT2D eigenvalue weighted by Gasteiger charge is 2.29. The molecule has 0 saturated heterocycles. The monoisotopic (exact) mass is 432 g/mol. The van der Waals surface area contributed by atoms with Crippen LogP contribution in [0.1, 0.15) is 34.7 Å². The van der Waals surface area contributed by atoms with Crippen LogP contribution in [0.2, 0.25) is 10.2 Å². The number of rotatable bonds is 5. The number of carbonyl (C=O) groups is 2. The van der Waals surface area contributed by atoms with E-state index in [1.54, 1.807) is 4.57 Å². The number of carbonyl (C=O) groups excluding carboxylic acids is 1. The van der Waals surface area contributed by atoms with Crippen molar-refractivity contribution in [1.29, 1.82) is 5.26 Å². The van der Waals surface area contributed by atoms with Crippen molar-refractivity contribution in [1.82, 2.24) is 14.9 Å². The van der Waals surface area contributed by atoms with Gasteiger partial charge in [0.05, 0.1) is 22.0 Å². The fourth-order valence-electron chi connectivity index (χ4n) is 3.04. The van der Waals surface area contributed by atoms with Crippen LogP contribution in [0, 0.1) is 11.3 Å². The molecule has 29 heavy (non-hydrogen) atoms. The van der Waals surface area contributed by atoms with Crippen LogP contribution >= 0.6 is 23.2 Å². The number of aliphatic carboxylic acids is 1. The molecule has 1 unspecified atom stereocenters. The Labute approximate surface area is 174 Å². The first-order chi connectivity index (χ1) is 13.8. The molecule has 10 heteroatoms. The zero-order chi connectivity index (χ0) is 21.3. The molecule has 2 heterocycles. The van der Waals surface area contributed by atoms with Gasteiger partial charge in [0.15, 0.2) is 17.1 Å². The molecule has 3 rings (SSSR count). The van der Waals surface area contributed by atoms with Crippen molar-refractivity contribution in [3.63, 3.8) is 0 Å². The van der Waals surface area contributed by atoms with Crippen LogP contribution in [-0.4, -0.2) is 38.2 Å². The lowest BCUT2D eigenvalue weighted by Crippen LogP contribution is -2.30. The molecule has 0 aliphatic carbocycles. The molecule has 3 aromatic rings. The number of hydrogen-bond acceptors (Lipinski definition) is 5. The Hall–Kier alpha value is -3.28. The third-order valence-corrected chi connectivity index (χ3v) is 5.23. The second-order valence-corrected chi connectivity index (χ2v) is 6.87. The second-order valence-electron chi connectivity index (χ2n) is 6.13. The number of amides is 1.